The fourth-order valence-corrected chi connectivity index (χ4v) is 1.26. The zero-order chi connectivity index (χ0) is 11.6. The Balaban J connectivity index is 2.43. The summed E-state index contributed by atoms with van der Waals surface area (Å²) >= 11 is 0. The molecule has 0 aliphatic carbocycles. The molecule has 16 heavy (non-hydrogen) atoms. The van der Waals surface area contributed by atoms with Crippen LogP contribution in [0.4, 0.5) is 0 Å². The van der Waals surface area contributed by atoms with E-state index in [0.717, 1.165) is 24.5 Å². The maximum atomic E-state index is 5.59. The van der Waals surface area contributed by atoms with E-state index in [-0.39, 0.29) is 0 Å². The first-order valence-corrected chi connectivity index (χ1v) is 5.80. The zero-order valence-electron chi connectivity index (χ0n) is 10.1. The molecular weight excluding hydrogens is 204 g/mol. The first-order valence-electron chi connectivity index (χ1n) is 5.80. The lowest BCUT2D eigenvalue weighted by molar-refractivity contribution is 0.108. The monoisotopic (exact) mass is 224 g/mol. The summed E-state index contributed by atoms with van der Waals surface area (Å²) in [5.74, 6) is 1.59. The molecule has 0 aliphatic rings. The maximum absolute atomic E-state index is 5.59. The molecule has 0 heterocycles. The molecule has 3 nitrogen and oxygen atoms in total. The highest BCUT2D eigenvalue weighted by molar-refractivity contribution is 5.39. The van der Waals surface area contributed by atoms with E-state index in [4.69, 9.17) is 14.2 Å². The van der Waals surface area contributed by atoms with Gasteiger partial charge in [-0.15, -0.1) is 0 Å². The van der Waals surface area contributed by atoms with Gasteiger partial charge in [-0.3, -0.25) is 0 Å². The van der Waals surface area contributed by atoms with E-state index < -0.39 is 0 Å². The molecule has 90 valence electrons. The fourth-order valence-electron chi connectivity index (χ4n) is 1.26. The SMILES string of the molecule is CCCOc1ccccc1OCCOCC. The molecule has 0 saturated carbocycles. The van der Waals surface area contributed by atoms with Crippen LogP contribution in [0.1, 0.15) is 20.3 Å². The average molecular weight is 224 g/mol. The second-order valence-corrected chi connectivity index (χ2v) is 3.34. The summed E-state index contributed by atoms with van der Waals surface area (Å²) in [5, 5.41) is 0. The minimum atomic E-state index is 0.556. The summed E-state index contributed by atoms with van der Waals surface area (Å²) in [6.07, 6.45) is 0.993. The van der Waals surface area contributed by atoms with E-state index in [1.54, 1.807) is 0 Å². The zero-order valence-corrected chi connectivity index (χ0v) is 10.1. The second kappa shape index (κ2) is 7.99. The average Bonchev–Trinajstić information content (AvgIpc) is 2.33. The van der Waals surface area contributed by atoms with Crippen molar-refractivity contribution in [3.05, 3.63) is 24.3 Å². The predicted octanol–water partition coefficient (Wildman–Crippen LogP) is 2.89. The largest absolute Gasteiger partial charge is 0.490 e. The smallest absolute Gasteiger partial charge is 0.161 e. The standard InChI is InChI=1S/C13H20O3/c1-3-9-15-12-7-5-6-8-13(12)16-11-10-14-4-2/h5-8H,3-4,9-11H2,1-2H3. The van der Waals surface area contributed by atoms with Crippen LogP contribution >= 0.6 is 0 Å². The van der Waals surface area contributed by atoms with Gasteiger partial charge in [0.25, 0.3) is 0 Å². The Labute approximate surface area is 97.3 Å². The van der Waals surface area contributed by atoms with Gasteiger partial charge in [-0.1, -0.05) is 19.1 Å². The van der Waals surface area contributed by atoms with Gasteiger partial charge in [-0.05, 0) is 25.5 Å². The van der Waals surface area contributed by atoms with Crippen molar-refractivity contribution in [2.45, 2.75) is 20.3 Å². The van der Waals surface area contributed by atoms with Crippen LogP contribution in [0.5, 0.6) is 11.5 Å². The molecule has 0 fully saturated rings. The van der Waals surface area contributed by atoms with Crippen LogP contribution in [0.2, 0.25) is 0 Å². The third-order valence-corrected chi connectivity index (χ3v) is 2.00. The van der Waals surface area contributed by atoms with Crippen LogP contribution in [0.15, 0.2) is 24.3 Å². The highest BCUT2D eigenvalue weighted by Crippen LogP contribution is 2.26. The Bertz CT molecular complexity index is 286. The van der Waals surface area contributed by atoms with Crippen molar-refractivity contribution in [3.63, 3.8) is 0 Å². The van der Waals surface area contributed by atoms with E-state index in [9.17, 15) is 0 Å². The van der Waals surface area contributed by atoms with Gasteiger partial charge in [-0.2, -0.15) is 0 Å². The van der Waals surface area contributed by atoms with Gasteiger partial charge in [0.15, 0.2) is 11.5 Å². The molecule has 0 atom stereocenters. The highest BCUT2D eigenvalue weighted by atomic mass is 16.5. The predicted molar refractivity (Wildman–Crippen MR) is 64.2 cm³/mol. The number of para-hydroxylation sites is 2. The fraction of sp³-hybridized carbons (Fsp3) is 0.538. The second-order valence-electron chi connectivity index (χ2n) is 3.34. The number of rotatable bonds is 8. The van der Waals surface area contributed by atoms with Gasteiger partial charge >= 0.3 is 0 Å². The molecule has 0 aromatic heterocycles. The molecule has 1 aromatic rings. The van der Waals surface area contributed by atoms with E-state index in [2.05, 4.69) is 6.92 Å². The van der Waals surface area contributed by atoms with Crippen LogP contribution in [0.3, 0.4) is 0 Å². The summed E-state index contributed by atoms with van der Waals surface area (Å²) in [5.41, 5.74) is 0. The molecule has 0 unspecified atom stereocenters. The van der Waals surface area contributed by atoms with Crippen molar-refractivity contribution in [1.82, 2.24) is 0 Å². The molecule has 0 saturated heterocycles. The first kappa shape index (κ1) is 12.8. The molecule has 0 radical (unpaired) electrons. The van der Waals surface area contributed by atoms with Gasteiger partial charge in [0.05, 0.1) is 13.2 Å². The van der Waals surface area contributed by atoms with Gasteiger partial charge < -0.3 is 14.2 Å². The van der Waals surface area contributed by atoms with E-state index in [0.29, 0.717) is 19.8 Å². The summed E-state index contributed by atoms with van der Waals surface area (Å²) < 4.78 is 16.4. The van der Waals surface area contributed by atoms with Gasteiger partial charge in [0, 0.05) is 6.61 Å². The van der Waals surface area contributed by atoms with Crippen molar-refractivity contribution >= 4 is 0 Å². The van der Waals surface area contributed by atoms with Crippen molar-refractivity contribution in [2.24, 2.45) is 0 Å². The lowest BCUT2D eigenvalue weighted by atomic mass is 10.3. The lowest BCUT2D eigenvalue weighted by Gasteiger charge is -2.11. The van der Waals surface area contributed by atoms with E-state index in [1.165, 1.54) is 0 Å². The summed E-state index contributed by atoms with van der Waals surface area (Å²) in [6, 6.07) is 7.72. The van der Waals surface area contributed by atoms with Crippen LogP contribution in [-0.4, -0.2) is 26.4 Å². The first-order chi connectivity index (χ1) is 7.88. The quantitative estimate of drug-likeness (QED) is 0.635. The van der Waals surface area contributed by atoms with Crippen molar-refractivity contribution in [3.8, 4) is 11.5 Å². The van der Waals surface area contributed by atoms with E-state index in [1.807, 2.05) is 31.2 Å². The van der Waals surface area contributed by atoms with Crippen molar-refractivity contribution < 1.29 is 14.2 Å². The Hall–Kier alpha value is -1.22. The highest BCUT2D eigenvalue weighted by Gasteiger charge is 2.02. The molecule has 1 rings (SSSR count). The van der Waals surface area contributed by atoms with Crippen molar-refractivity contribution in [1.29, 1.82) is 0 Å². The molecule has 3 heteroatoms. The normalized spacial score (nSPS) is 10.1. The van der Waals surface area contributed by atoms with Gasteiger partial charge in [-0.25, -0.2) is 0 Å². The number of benzene rings is 1. The number of hydrogen-bond donors (Lipinski definition) is 0. The van der Waals surface area contributed by atoms with Crippen molar-refractivity contribution in [2.75, 3.05) is 26.4 Å². The molecule has 0 amide bonds. The lowest BCUT2D eigenvalue weighted by Crippen LogP contribution is -2.07. The Morgan fingerprint density at radius 2 is 1.50 bits per heavy atom. The molecule has 1 aromatic carbocycles. The third-order valence-electron chi connectivity index (χ3n) is 2.00. The van der Waals surface area contributed by atoms with Crippen LogP contribution in [-0.2, 0) is 4.74 Å². The van der Waals surface area contributed by atoms with E-state index >= 15 is 0 Å². The minimum Gasteiger partial charge on any atom is -0.490 e. The van der Waals surface area contributed by atoms with Crippen LogP contribution in [0, 0.1) is 0 Å². The Morgan fingerprint density at radius 3 is 2.06 bits per heavy atom. The molecule has 0 N–H and O–H groups in total. The molecule has 0 aliphatic heterocycles. The third kappa shape index (κ3) is 4.53. The molecule has 0 spiro atoms. The minimum absolute atomic E-state index is 0.556. The molecule has 0 bridgehead atoms. The Morgan fingerprint density at radius 1 is 0.875 bits per heavy atom. The van der Waals surface area contributed by atoms with Crippen LogP contribution in [0.25, 0.3) is 0 Å². The van der Waals surface area contributed by atoms with Crippen LogP contribution < -0.4 is 9.47 Å². The topological polar surface area (TPSA) is 27.7 Å². The summed E-state index contributed by atoms with van der Waals surface area (Å²) in [6.45, 7) is 6.65. The molecular formula is C13H20O3. The maximum Gasteiger partial charge on any atom is 0.161 e. The summed E-state index contributed by atoms with van der Waals surface area (Å²) in [4.78, 5) is 0. The van der Waals surface area contributed by atoms with Gasteiger partial charge in [0.1, 0.15) is 6.61 Å². The number of ether oxygens (including phenoxy) is 3. The number of hydrogen-bond acceptors (Lipinski definition) is 3. The Kier molecular flexibility index (Phi) is 6.42. The van der Waals surface area contributed by atoms with Gasteiger partial charge in [0.2, 0.25) is 0 Å². The summed E-state index contributed by atoms with van der Waals surface area (Å²) in [7, 11) is 0.